The average Bonchev–Trinajstić information content (AvgIpc) is 2.80. The Labute approximate surface area is 204 Å². The minimum absolute atomic E-state index is 0.0167. The number of alkyl halides is 2. The van der Waals surface area contributed by atoms with E-state index in [1.807, 2.05) is 6.92 Å². The Morgan fingerprint density at radius 1 is 0.943 bits per heavy atom. The van der Waals surface area contributed by atoms with E-state index >= 15 is 0 Å². The Morgan fingerprint density at radius 3 is 2.20 bits per heavy atom. The molecule has 35 heavy (non-hydrogen) atoms. The van der Waals surface area contributed by atoms with Gasteiger partial charge in [-0.3, -0.25) is 0 Å². The molecule has 2 rings (SSSR count). The standard InChI is InChI=1S/C26H32F2O7/c1-8-9-10-33-18-11-14(2)20(19(12-18)32-7)26(30)35-23-16(4)15(3)21(25(29)34-13-31-6)17(5)22(23)24(27)28/h11-12,24H,8-10,13H2,1-7H3. The Kier molecular flexibility index (Phi) is 10.0. The van der Waals surface area contributed by atoms with Gasteiger partial charge in [0.05, 0.1) is 24.8 Å². The molecule has 0 aliphatic rings. The molecule has 0 fully saturated rings. The summed E-state index contributed by atoms with van der Waals surface area (Å²) in [7, 11) is 2.73. The van der Waals surface area contributed by atoms with E-state index in [0.29, 0.717) is 23.5 Å². The Balaban J connectivity index is 2.53. The van der Waals surface area contributed by atoms with Gasteiger partial charge in [0.15, 0.2) is 6.79 Å². The maximum Gasteiger partial charge on any atom is 0.347 e. The van der Waals surface area contributed by atoms with Crippen LogP contribution in [0.2, 0.25) is 0 Å². The van der Waals surface area contributed by atoms with Crippen LogP contribution >= 0.6 is 0 Å². The Hall–Kier alpha value is -3.20. The van der Waals surface area contributed by atoms with Crippen molar-refractivity contribution < 1.29 is 42.1 Å². The van der Waals surface area contributed by atoms with Crippen molar-refractivity contribution in [2.45, 2.75) is 53.9 Å². The first-order chi connectivity index (χ1) is 16.6. The average molecular weight is 495 g/mol. The molecule has 0 unspecified atom stereocenters. The van der Waals surface area contributed by atoms with Gasteiger partial charge < -0.3 is 23.7 Å². The molecule has 2 aromatic rings. The Morgan fingerprint density at radius 2 is 1.63 bits per heavy atom. The molecule has 0 aliphatic carbocycles. The first kappa shape index (κ1) is 28.0. The highest BCUT2D eigenvalue weighted by Crippen LogP contribution is 2.40. The smallest absolute Gasteiger partial charge is 0.347 e. The Bertz CT molecular complexity index is 1080. The van der Waals surface area contributed by atoms with E-state index in [1.165, 1.54) is 28.1 Å². The van der Waals surface area contributed by atoms with Crippen molar-refractivity contribution >= 4 is 11.9 Å². The third kappa shape index (κ3) is 6.28. The second-order valence-electron chi connectivity index (χ2n) is 8.04. The van der Waals surface area contributed by atoms with Crippen LogP contribution < -0.4 is 14.2 Å². The summed E-state index contributed by atoms with van der Waals surface area (Å²) in [5.41, 5.74) is 0.576. The molecule has 0 aliphatic heterocycles. The largest absolute Gasteiger partial charge is 0.496 e. The molecule has 0 heterocycles. The van der Waals surface area contributed by atoms with Crippen molar-refractivity contribution in [3.63, 3.8) is 0 Å². The van der Waals surface area contributed by atoms with Crippen molar-refractivity contribution in [2.75, 3.05) is 27.6 Å². The maximum atomic E-state index is 14.2. The van der Waals surface area contributed by atoms with Crippen molar-refractivity contribution in [1.29, 1.82) is 0 Å². The van der Waals surface area contributed by atoms with Gasteiger partial charge in [-0.1, -0.05) is 13.3 Å². The lowest BCUT2D eigenvalue weighted by molar-refractivity contribution is -0.0126. The van der Waals surface area contributed by atoms with Gasteiger partial charge in [-0.2, -0.15) is 0 Å². The topological polar surface area (TPSA) is 80.3 Å². The molecule has 9 heteroatoms. The summed E-state index contributed by atoms with van der Waals surface area (Å²) in [5.74, 6) is -1.24. The number of unbranched alkanes of at least 4 members (excludes halogenated alkanes) is 1. The minimum Gasteiger partial charge on any atom is -0.496 e. The highest BCUT2D eigenvalue weighted by molar-refractivity contribution is 5.97. The van der Waals surface area contributed by atoms with Crippen LogP contribution in [0.15, 0.2) is 12.1 Å². The van der Waals surface area contributed by atoms with Crippen molar-refractivity contribution in [3.8, 4) is 17.2 Å². The van der Waals surface area contributed by atoms with E-state index in [0.717, 1.165) is 12.8 Å². The van der Waals surface area contributed by atoms with Gasteiger partial charge >= 0.3 is 11.9 Å². The molecule has 0 atom stereocenters. The molecule has 0 aromatic heterocycles. The summed E-state index contributed by atoms with van der Waals surface area (Å²) in [4.78, 5) is 25.7. The molecule has 7 nitrogen and oxygen atoms in total. The molecule has 0 radical (unpaired) electrons. The van der Waals surface area contributed by atoms with E-state index in [9.17, 15) is 18.4 Å². The normalized spacial score (nSPS) is 10.9. The second kappa shape index (κ2) is 12.5. The summed E-state index contributed by atoms with van der Waals surface area (Å²) in [6.45, 7) is 8.35. The summed E-state index contributed by atoms with van der Waals surface area (Å²) in [6, 6.07) is 3.23. The number of esters is 2. The van der Waals surface area contributed by atoms with Crippen LogP contribution in [0.4, 0.5) is 8.78 Å². The van der Waals surface area contributed by atoms with Crippen molar-refractivity contribution in [2.24, 2.45) is 0 Å². The zero-order valence-electron chi connectivity index (χ0n) is 21.2. The first-order valence-electron chi connectivity index (χ1n) is 11.2. The fourth-order valence-corrected chi connectivity index (χ4v) is 3.74. The minimum atomic E-state index is -3.01. The lowest BCUT2D eigenvalue weighted by atomic mass is 9.92. The molecule has 0 saturated carbocycles. The molecular formula is C26H32F2O7. The third-order valence-electron chi connectivity index (χ3n) is 5.69. The molecule has 0 N–H and O–H groups in total. The monoisotopic (exact) mass is 494 g/mol. The number of hydrogen-bond acceptors (Lipinski definition) is 7. The molecule has 2 aromatic carbocycles. The predicted octanol–water partition coefficient (Wildman–Crippen LogP) is 6.03. The quantitative estimate of drug-likeness (QED) is 0.163. The highest BCUT2D eigenvalue weighted by atomic mass is 19.3. The number of rotatable bonds is 11. The number of benzene rings is 2. The lowest BCUT2D eigenvalue weighted by Crippen LogP contribution is -2.18. The van der Waals surface area contributed by atoms with Crippen LogP contribution in [0.3, 0.4) is 0 Å². The fraction of sp³-hybridized carbons (Fsp3) is 0.462. The number of hydrogen-bond donors (Lipinski definition) is 0. The molecule has 0 spiro atoms. The van der Waals surface area contributed by atoms with E-state index < -0.39 is 23.9 Å². The third-order valence-corrected chi connectivity index (χ3v) is 5.69. The van der Waals surface area contributed by atoms with Gasteiger partial charge in [0.1, 0.15) is 22.8 Å². The summed E-state index contributed by atoms with van der Waals surface area (Å²) in [6.07, 6.45) is -1.17. The fourth-order valence-electron chi connectivity index (χ4n) is 3.74. The number of carbonyl (C=O) groups is 2. The summed E-state index contributed by atoms with van der Waals surface area (Å²) >= 11 is 0. The molecule has 0 amide bonds. The summed E-state index contributed by atoms with van der Waals surface area (Å²) < 4.78 is 54.7. The number of methoxy groups -OCH3 is 2. The van der Waals surface area contributed by atoms with Crippen LogP contribution in [-0.2, 0) is 9.47 Å². The van der Waals surface area contributed by atoms with Gasteiger partial charge in [0.25, 0.3) is 6.43 Å². The number of ether oxygens (including phenoxy) is 5. The van der Waals surface area contributed by atoms with E-state index in [2.05, 4.69) is 0 Å². The molecule has 0 bridgehead atoms. The predicted molar refractivity (Wildman–Crippen MR) is 126 cm³/mol. The van der Waals surface area contributed by atoms with Crippen molar-refractivity contribution in [3.05, 3.63) is 51.1 Å². The molecule has 192 valence electrons. The zero-order valence-corrected chi connectivity index (χ0v) is 21.2. The number of carbonyl (C=O) groups excluding carboxylic acids is 2. The number of halogens is 2. The van der Waals surface area contributed by atoms with Gasteiger partial charge in [-0.15, -0.1) is 0 Å². The first-order valence-corrected chi connectivity index (χ1v) is 11.2. The van der Waals surface area contributed by atoms with Crippen LogP contribution in [0.1, 0.15) is 74.7 Å². The lowest BCUT2D eigenvalue weighted by Gasteiger charge is -2.21. The van der Waals surface area contributed by atoms with Gasteiger partial charge in [-0.05, 0) is 62.4 Å². The summed E-state index contributed by atoms with van der Waals surface area (Å²) in [5, 5.41) is 0. The maximum absolute atomic E-state index is 14.2. The zero-order chi connectivity index (χ0) is 26.3. The molecular weight excluding hydrogens is 462 g/mol. The van der Waals surface area contributed by atoms with Crippen LogP contribution in [0.5, 0.6) is 17.2 Å². The second-order valence-corrected chi connectivity index (χ2v) is 8.04. The van der Waals surface area contributed by atoms with Crippen LogP contribution in [0, 0.1) is 27.7 Å². The van der Waals surface area contributed by atoms with E-state index in [1.54, 1.807) is 26.0 Å². The van der Waals surface area contributed by atoms with Gasteiger partial charge in [0, 0.05) is 13.2 Å². The molecule has 0 saturated heterocycles. The van der Waals surface area contributed by atoms with Crippen LogP contribution in [0.25, 0.3) is 0 Å². The van der Waals surface area contributed by atoms with E-state index in [4.69, 9.17) is 23.7 Å². The van der Waals surface area contributed by atoms with Crippen molar-refractivity contribution in [1.82, 2.24) is 0 Å². The highest BCUT2D eigenvalue weighted by Gasteiger charge is 2.30. The van der Waals surface area contributed by atoms with Gasteiger partial charge in [-0.25, -0.2) is 18.4 Å². The van der Waals surface area contributed by atoms with Gasteiger partial charge in [0.2, 0.25) is 0 Å². The number of aryl methyl sites for hydroxylation is 1. The SMILES string of the molecule is CCCCOc1cc(C)c(C(=O)Oc2c(C)c(C)c(C(=O)OCOC)c(C)c2C(F)F)c(OC)c1. The van der Waals surface area contributed by atoms with Crippen LogP contribution in [-0.4, -0.2) is 39.6 Å². The van der Waals surface area contributed by atoms with E-state index in [-0.39, 0.29) is 40.5 Å².